The van der Waals surface area contributed by atoms with Crippen LogP contribution in [0.1, 0.15) is 37.7 Å². The molecule has 1 aromatic rings. The van der Waals surface area contributed by atoms with Crippen LogP contribution in [0, 0.1) is 18.3 Å². The Morgan fingerprint density at radius 3 is 2.50 bits per heavy atom. The number of nitriles is 1. The van der Waals surface area contributed by atoms with Gasteiger partial charge in [-0.3, -0.25) is 4.79 Å². The molecule has 7 nitrogen and oxygen atoms in total. The van der Waals surface area contributed by atoms with Gasteiger partial charge >= 0.3 is 0 Å². The second-order valence-corrected chi connectivity index (χ2v) is 9.04. The maximum absolute atomic E-state index is 12.4. The van der Waals surface area contributed by atoms with Crippen LogP contribution in [-0.2, 0) is 14.8 Å². The summed E-state index contributed by atoms with van der Waals surface area (Å²) in [5.74, 6) is -0.272. The van der Waals surface area contributed by atoms with Gasteiger partial charge in [0.05, 0.1) is 17.5 Å². The van der Waals surface area contributed by atoms with E-state index in [0.717, 1.165) is 23.6 Å². The molecule has 2 N–H and O–H groups in total. The van der Waals surface area contributed by atoms with Crippen molar-refractivity contribution in [1.82, 2.24) is 9.62 Å². The molecule has 1 amide bonds. The highest BCUT2D eigenvalue weighted by Crippen LogP contribution is 2.27. The zero-order valence-corrected chi connectivity index (χ0v) is 16.3. The minimum atomic E-state index is -3.56. The number of benzene rings is 1. The first-order chi connectivity index (χ1) is 12.2. The Labute approximate surface area is 155 Å². The van der Waals surface area contributed by atoms with Crippen LogP contribution >= 0.6 is 0 Å². The molecule has 1 fully saturated rings. The number of rotatable bonds is 6. The van der Waals surface area contributed by atoms with Crippen LogP contribution < -0.4 is 10.6 Å². The normalized spacial score (nSPS) is 16.7. The van der Waals surface area contributed by atoms with Gasteiger partial charge in [0, 0.05) is 19.8 Å². The van der Waals surface area contributed by atoms with Crippen LogP contribution in [0.4, 0.5) is 5.69 Å². The highest BCUT2D eigenvalue weighted by atomic mass is 32.2. The van der Waals surface area contributed by atoms with E-state index in [1.165, 1.54) is 20.2 Å². The Hall–Kier alpha value is -2.11. The molecule has 0 aromatic heterocycles. The van der Waals surface area contributed by atoms with E-state index in [-0.39, 0.29) is 17.3 Å². The summed E-state index contributed by atoms with van der Waals surface area (Å²) in [4.78, 5) is 12.5. The highest BCUT2D eigenvalue weighted by molar-refractivity contribution is 7.89. The topological polar surface area (TPSA) is 102 Å². The summed E-state index contributed by atoms with van der Waals surface area (Å²) in [5, 5.41) is 15.2. The maximum atomic E-state index is 12.4. The van der Waals surface area contributed by atoms with Gasteiger partial charge in [-0.2, -0.15) is 5.26 Å². The van der Waals surface area contributed by atoms with Gasteiger partial charge in [0.15, 0.2) is 0 Å². The fourth-order valence-corrected chi connectivity index (χ4v) is 4.24. The molecule has 26 heavy (non-hydrogen) atoms. The minimum Gasteiger partial charge on any atom is -0.376 e. The van der Waals surface area contributed by atoms with Crippen molar-refractivity contribution in [3.05, 3.63) is 23.8 Å². The minimum absolute atomic E-state index is 0.0199. The van der Waals surface area contributed by atoms with E-state index in [4.69, 9.17) is 0 Å². The average Bonchev–Trinajstić information content (AvgIpc) is 2.61. The standard InChI is InChI=1S/C18H26N4O3S/c1-14-7-8-15(11-16(14)26(24,25)22(2)3)20-12-17(23)21-18(13-19)9-5-4-6-10-18/h7-8,11,20H,4-6,9-10,12H2,1-3H3,(H,21,23). The molecule has 0 unspecified atom stereocenters. The van der Waals surface area contributed by atoms with Gasteiger partial charge in [-0.25, -0.2) is 12.7 Å². The molecule has 2 rings (SSSR count). The van der Waals surface area contributed by atoms with E-state index >= 15 is 0 Å². The lowest BCUT2D eigenvalue weighted by atomic mass is 9.83. The number of carbonyl (C=O) groups is 1. The number of amides is 1. The number of nitrogens with zero attached hydrogens (tertiary/aromatic N) is 2. The van der Waals surface area contributed by atoms with Crippen molar-refractivity contribution in [2.75, 3.05) is 26.0 Å². The largest absolute Gasteiger partial charge is 0.376 e. The molecule has 1 aromatic carbocycles. The van der Waals surface area contributed by atoms with E-state index in [1.807, 2.05) is 0 Å². The molecule has 8 heteroatoms. The average molecular weight is 378 g/mol. The summed E-state index contributed by atoms with van der Waals surface area (Å²) in [6.07, 6.45) is 4.30. The summed E-state index contributed by atoms with van der Waals surface area (Å²) in [7, 11) is -0.595. The zero-order chi connectivity index (χ0) is 19.4. The molecule has 0 atom stereocenters. The molecule has 1 saturated carbocycles. The molecule has 0 heterocycles. The Morgan fingerprint density at radius 1 is 1.27 bits per heavy atom. The fraction of sp³-hybridized carbons (Fsp3) is 0.556. The summed E-state index contributed by atoms with van der Waals surface area (Å²) >= 11 is 0. The quantitative estimate of drug-likeness (QED) is 0.788. The SMILES string of the molecule is Cc1ccc(NCC(=O)NC2(C#N)CCCCC2)cc1S(=O)(=O)N(C)C. The summed E-state index contributed by atoms with van der Waals surface area (Å²) in [6, 6.07) is 7.21. The maximum Gasteiger partial charge on any atom is 0.242 e. The summed E-state index contributed by atoms with van der Waals surface area (Å²) in [6.45, 7) is 1.71. The number of carbonyl (C=O) groups excluding carboxylic acids is 1. The molecule has 0 aliphatic heterocycles. The van der Waals surface area contributed by atoms with Crippen LogP contribution in [0.25, 0.3) is 0 Å². The predicted octanol–water partition coefficient (Wildman–Crippen LogP) is 2.00. The molecular weight excluding hydrogens is 352 g/mol. The fourth-order valence-electron chi connectivity index (χ4n) is 3.10. The van der Waals surface area contributed by atoms with Gasteiger partial charge in [-0.15, -0.1) is 0 Å². The number of nitrogens with one attached hydrogen (secondary N) is 2. The predicted molar refractivity (Wildman–Crippen MR) is 100 cm³/mol. The first-order valence-electron chi connectivity index (χ1n) is 8.69. The molecule has 0 saturated heterocycles. The lowest BCUT2D eigenvalue weighted by molar-refractivity contribution is -0.121. The van der Waals surface area contributed by atoms with Crippen molar-refractivity contribution in [2.24, 2.45) is 0 Å². The zero-order valence-electron chi connectivity index (χ0n) is 15.5. The summed E-state index contributed by atoms with van der Waals surface area (Å²) in [5.41, 5.74) is 0.407. The number of anilines is 1. The van der Waals surface area contributed by atoms with Crippen molar-refractivity contribution < 1.29 is 13.2 Å². The third kappa shape index (κ3) is 4.54. The van der Waals surface area contributed by atoms with E-state index < -0.39 is 15.6 Å². The van der Waals surface area contributed by atoms with Crippen LogP contribution in [-0.4, -0.2) is 44.8 Å². The molecule has 0 radical (unpaired) electrons. The van der Waals surface area contributed by atoms with Crippen LogP contribution in [0.2, 0.25) is 0 Å². The third-order valence-electron chi connectivity index (χ3n) is 4.70. The Balaban J connectivity index is 2.06. The van der Waals surface area contributed by atoms with Crippen molar-refractivity contribution in [1.29, 1.82) is 5.26 Å². The highest BCUT2D eigenvalue weighted by Gasteiger charge is 2.33. The van der Waals surface area contributed by atoms with Gasteiger partial charge in [0.1, 0.15) is 5.54 Å². The monoisotopic (exact) mass is 378 g/mol. The van der Waals surface area contributed by atoms with Gasteiger partial charge in [0.2, 0.25) is 15.9 Å². The molecule has 1 aliphatic rings. The molecule has 0 bridgehead atoms. The van der Waals surface area contributed by atoms with E-state index in [0.29, 0.717) is 24.1 Å². The Bertz CT molecular complexity index is 806. The van der Waals surface area contributed by atoms with Crippen LogP contribution in [0.3, 0.4) is 0 Å². The first-order valence-corrected chi connectivity index (χ1v) is 10.1. The molecule has 0 spiro atoms. The van der Waals surface area contributed by atoms with Crippen LogP contribution in [0.15, 0.2) is 23.1 Å². The third-order valence-corrected chi connectivity index (χ3v) is 6.66. The Kier molecular flexibility index (Phi) is 6.26. The Morgan fingerprint density at radius 2 is 1.92 bits per heavy atom. The van der Waals surface area contributed by atoms with Crippen molar-refractivity contribution in [2.45, 2.75) is 49.5 Å². The van der Waals surface area contributed by atoms with Gasteiger partial charge in [-0.1, -0.05) is 25.3 Å². The molecule has 1 aliphatic carbocycles. The van der Waals surface area contributed by atoms with Crippen LogP contribution in [0.5, 0.6) is 0 Å². The number of sulfonamides is 1. The van der Waals surface area contributed by atoms with E-state index in [2.05, 4.69) is 16.7 Å². The lowest BCUT2D eigenvalue weighted by Gasteiger charge is -2.31. The number of hydrogen-bond donors (Lipinski definition) is 2. The van der Waals surface area contributed by atoms with Gasteiger partial charge in [-0.05, 0) is 37.5 Å². The van der Waals surface area contributed by atoms with Gasteiger partial charge < -0.3 is 10.6 Å². The second-order valence-electron chi connectivity index (χ2n) is 6.92. The smallest absolute Gasteiger partial charge is 0.242 e. The van der Waals surface area contributed by atoms with Crippen molar-refractivity contribution in [3.8, 4) is 6.07 Å². The number of hydrogen-bond acceptors (Lipinski definition) is 5. The number of aryl methyl sites for hydroxylation is 1. The summed E-state index contributed by atoms with van der Waals surface area (Å²) < 4.78 is 25.9. The van der Waals surface area contributed by atoms with Crippen molar-refractivity contribution >= 4 is 21.6 Å². The lowest BCUT2D eigenvalue weighted by Crippen LogP contribution is -2.50. The van der Waals surface area contributed by atoms with Gasteiger partial charge in [0.25, 0.3) is 0 Å². The first kappa shape index (κ1) is 20.2. The van der Waals surface area contributed by atoms with E-state index in [1.54, 1.807) is 19.1 Å². The molecule has 142 valence electrons. The van der Waals surface area contributed by atoms with E-state index in [9.17, 15) is 18.5 Å². The second kappa shape index (κ2) is 8.06. The molecular formula is C18H26N4O3S. The van der Waals surface area contributed by atoms with Crippen molar-refractivity contribution in [3.63, 3.8) is 0 Å².